The zero-order valence-electron chi connectivity index (χ0n) is 9.94. The van der Waals surface area contributed by atoms with E-state index in [1.54, 1.807) is 9.42 Å². The van der Waals surface area contributed by atoms with Crippen LogP contribution >= 0.6 is 0 Å². The maximum atomic E-state index is 12.3. The van der Waals surface area contributed by atoms with Crippen molar-refractivity contribution in [3.05, 3.63) is 23.8 Å². The second-order valence-electron chi connectivity index (χ2n) is 4.42. The molecule has 0 aromatic carbocycles. The average Bonchev–Trinajstić information content (AvgIpc) is 2.97. The van der Waals surface area contributed by atoms with E-state index in [1.807, 2.05) is 6.92 Å². The van der Waals surface area contributed by atoms with E-state index in [4.69, 9.17) is 0 Å². The molecule has 0 saturated carbocycles. The fourth-order valence-corrected chi connectivity index (χ4v) is 2.20. The van der Waals surface area contributed by atoms with Gasteiger partial charge in [-0.2, -0.15) is 10.1 Å². The topological polar surface area (TPSA) is 83.6 Å². The molecule has 1 N–H and O–H groups in total. The maximum absolute atomic E-state index is 12.3. The minimum absolute atomic E-state index is 0.117. The molecular formula is C11H13N5O2. The Hall–Kier alpha value is -2.02. The third-order valence-corrected chi connectivity index (χ3v) is 3.23. The van der Waals surface area contributed by atoms with Crippen molar-refractivity contribution in [1.82, 2.24) is 24.5 Å². The Morgan fingerprint density at radius 1 is 1.50 bits per heavy atom. The van der Waals surface area contributed by atoms with Crippen LogP contribution < -0.4 is 0 Å². The number of fused-ring (bicyclic) bond motifs is 1. The molecular weight excluding hydrogens is 234 g/mol. The summed E-state index contributed by atoms with van der Waals surface area (Å²) in [4.78, 5) is 22.0. The molecule has 1 saturated heterocycles. The van der Waals surface area contributed by atoms with Crippen LogP contribution in [0.2, 0.25) is 0 Å². The minimum Gasteiger partial charge on any atom is -0.391 e. The van der Waals surface area contributed by atoms with Crippen LogP contribution in [0.15, 0.2) is 12.5 Å². The summed E-state index contributed by atoms with van der Waals surface area (Å²) >= 11 is 0. The molecule has 94 valence electrons. The smallest absolute Gasteiger partial charge is 0.257 e. The first-order valence-corrected chi connectivity index (χ1v) is 5.79. The summed E-state index contributed by atoms with van der Waals surface area (Å²) in [5.74, 6) is 0.361. The zero-order chi connectivity index (χ0) is 12.7. The summed E-state index contributed by atoms with van der Waals surface area (Å²) < 4.78 is 1.54. The summed E-state index contributed by atoms with van der Waals surface area (Å²) in [5, 5.41) is 13.5. The number of β-amino-alcohol motifs (C(OH)–C–C–N with tert-alkyl or cyclic N) is 1. The monoisotopic (exact) mass is 247 g/mol. The van der Waals surface area contributed by atoms with Gasteiger partial charge in [0.1, 0.15) is 6.33 Å². The van der Waals surface area contributed by atoms with Crippen molar-refractivity contribution < 1.29 is 9.90 Å². The molecule has 1 aliphatic heterocycles. The zero-order valence-corrected chi connectivity index (χ0v) is 9.94. The fourth-order valence-electron chi connectivity index (χ4n) is 2.20. The highest BCUT2D eigenvalue weighted by atomic mass is 16.3. The van der Waals surface area contributed by atoms with Crippen molar-refractivity contribution in [2.24, 2.45) is 0 Å². The van der Waals surface area contributed by atoms with Gasteiger partial charge in [-0.3, -0.25) is 4.79 Å². The Morgan fingerprint density at radius 3 is 3.06 bits per heavy atom. The maximum Gasteiger partial charge on any atom is 0.257 e. The first kappa shape index (κ1) is 11.1. The molecule has 0 spiro atoms. The molecule has 0 unspecified atom stereocenters. The van der Waals surface area contributed by atoms with Crippen molar-refractivity contribution in [1.29, 1.82) is 0 Å². The number of aliphatic hydroxyl groups is 1. The van der Waals surface area contributed by atoms with E-state index in [9.17, 15) is 9.90 Å². The molecule has 0 radical (unpaired) electrons. The lowest BCUT2D eigenvalue weighted by molar-refractivity contribution is 0.0763. The lowest BCUT2D eigenvalue weighted by Gasteiger charge is -2.16. The van der Waals surface area contributed by atoms with Crippen LogP contribution in [0.1, 0.15) is 22.5 Å². The van der Waals surface area contributed by atoms with E-state index in [0.29, 0.717) is 36.5 Å². The van der Waals surface area contributed by atoms with Crippen molar-refractivity contribution in [3.8, 4) is 0 Å². The van der Waals surface area contributed by atoms with Crippen molar-refractivity contribution in [3.63, 3.8) is 0 Å². The predicted molar refractivity (Wildman–Crippen MR) is 62.0 cm³/mol. The molecule has 3 heterocycles. The number of amides is 1. The molecule has 0 aliphatic carbocycles. The fraction of sp³-hybridized carbons (Fsp3) is 0.455. The van der Waals surface area contributed by atoms with Gasteiger partial charge >= 0.3 is 0 Å². The number of hydrogen-bond donors (Lipinski definition) is 1. The van der Waals surface area contributed by atoms with Gasteiger partial charge in [-0.1, -0.05) is 0 Å². The Bertz CT molecular complexity index is 608. The van der Waals surface area contributed by atoms with Crippen molar-refractivity contribution in [2.75, 3.05) is 13.1 Å². The van der Waals surface area contributed by atoms with E-state index in [1.165, 1.54) is 12.5 Å². The lowest BCUT2D eigenvalue weighted by Crippen LogP contribution is -2.30. The normalized spacial score (nSPS) is 19.7. The number of hydrogen-bond acceptors (Lipinski definition) is 5. The van der Waals surface area contributed by atoms with Gasteiger partial charge in [-0.05, 0) is 13.3 Å². The van der Waals surface area contributed by atoms with E-state index in [-0.39, 0.29) is 5.91 Å². The van der Waals surface area contributed by atoms with Gasteiger partial charge in [0.2, 0.25) is 0 Å². The van der Waals surface area contributed by atoms with Gasteiger partial charge in [0.15, 0.2) is 0 Å². The van der Waals surface area contributed by atoms with Gasteiger partial charge in [0, 0.05) is 19.3 Å². The van der Waals surface area contributed by atoms with E-state index >= 15 is 0 Å². The molecule has 3 rings (SSSR count). The van der Waals surface area contributed by atoms with Gasteiger partial charge < -0.3 is 10.0 Å². The second-order valence-corrected chi connectivity index (χ2v) is 4.42. The third-order valence-electron chi connectivity index (χ3n) is 3.23. The summed E-state index contributed by atoms with van der Waals surface area (Å²) in [6.45, 7) is 2.77. The third kappa shape index (κ3) is 1.63. The van der Waals surface area contributed by atoms with Crippen LogP contribution in [0.3, 0.4) is 0 Å². The highest BCUT2D eigenvalue weighted by Gasteiger charge is 2.27. The second kappa shape index (κ2) is 4.02. The SMILES string of the molecule is Cc1c(C(=O)N2CC[C@@H](O)C2)cnc2ncnn12. The Morgan fingerprint density at radius 2 is 2.33 bits per heavy atom. The summed E-state index contributed by atoms with van der Waals surface area (Å²) in [6, 6.07) is 0. The molecule has 7 nitrogen and oxygen atoms in total. The Balaban J connectivity index is 1.98. The van der Waals surface area contributed by atoms with Crippen molar-refractivity contribution in [2.45, 2.75) is 19.4 Å². The molecule has 1 amide bonds. The number of rotatable bonds is 1. The molecule has 1 fully saturated rings. The molecule has 1 aliphatic rings. The van der Waals surface area contributed by atoms with Crippen LogP contribution in [-0.2, 0) is 0 Å². The van der Waals surface area contributed by atoms with Gasteiger partial charge in [0.05, 0.1) is 17.4 Å². The van der Waals surface area contributed by atoms with Crippen LogP contribution in [0, 0.1) is 6.92 Å². The lowest BCUT2D eigenvalue weighted by atomic mass is 10.2. The summed E-state index contributed by atoms with van der Waals surface area (Å²) in [5.41, 5.74) is 1.21. The van der Waals surface area contributed by atoms with Crippen LogP contribution in [-0.4, -0.2) is 54.7 Å². The summed E-state index contributed by atoms with van der Waals surface area (Å²) in [7, 11) is 0. The number of aliphatic hydroxyl groups excluding tert-OH is 1. The predicted octanol–water partition coefficient (Wildman–Crippen LogP) is -0.360. The minimum atomic E-state index is -0.419. The highest BCUT2D eigenvalue weighted by Crippen LogP contribution is 2.15. The standard InChI is InChI=1S/C11H13N5O2/c1-7-9(4-12-11-13-6-14-16(7)11)10(18)15-3-2-8(17)5-15/h4,6,8,17H,2-3,5H2,1H3/t8-/m1/s1. The quantitative estimate of drug-likeness (QED) is 0.744. The van der Waals surface area contributed by atoms with Gasteiger partial charge in [-0.25, -0.2) is 9.50 Å². The summed E-state index contributed by atoms with van der Waals surface area (Å²) in [6.07, 6.45) is 3.14. The van der Waals surface area contributed by atoms with Crippen LogP contribution in [0.5, 0.6) is 0 Å². The van der Waals surface area contributed by atoms with Crippen LogP contribution in [0.25, 0.3) is 5.78 Å². The van der Waals surface area contributed by atoms with E-state index < -0.39 is 6.10 Å². The number of aromatic nitrogens is 4. The number of carbonyl (C=O) groups is 1. The Labute approximate surface area is 103 Å². The average molecular weight is 247 g/mol. The molecule has 2 aromatic heterocycles. The van der Waals surface area contributed by atoms with Crippen molar-refractivity contribution >= 4 is 11.7 Å². The largest absolute Gasteiger partial charge is 0.391 e. The highest BCUT2D eigenvalue weighted by molar-refractivity contribution is 5.95. The number of nitrogens with zero attached hydrogens (tertiary/aromatic N) is 5. The number of carbonyl (C=O) groups excluding carboxylic acids is 1. The first-order chi connectivity index (χ1) is 8.66. The van der Waals surface area contributed by atoms with E-state index in [0.717, 1.165) is 0 Å². The number of likely N-dealkylation sites (tertiary alicyclic amines) is 1. The molecule has 7 heteroatoms. The van der Waals surface area contributed by atoms with E-state index in [2.05, 4.69) is 15.1 Å². The molecule has 18 heavy (non-hydrogen) atoms. The van der Waals surface area contributed by atoms with Crippen LogP contribution in [0.4, 0.5) is 0 Å². The first-order valence-electron chi connectivity index (χ1n) is 5.79. The Kier molecular flexibility index (Phi) is 2.48. The number of aryl methyl sites for hydroxylation is 1. The molecule has 0 bridgehead atoms. The van der Waals surface area contributed by atoms with Gasteiger partial charge in [0.25, 0.3) is 11.7 Å². The molecule has 2 aromatic rings. The van der Waals surface area contributed by atoms with Gasteiger partial charge in [-0.15, -0.1) is 0 Å². The molecule has 1 atom stereocenters.